The highest BCUT2D eigenvalue weighted by Gasteiger charge is 2.27. The molecular formula is C25H28N4O2. The predicted molar refractivity (Wildman–Crippen MR) is 122 cm³/mol. The largest absolute Gasteiger partial charge is 0.497 e. The van der Waals surface area contributed by atoms with E-state index < -0.39 is 0 Å². The van der Waals surface area contributed by atoms with Gasteiger partial charge in [-0.15, -0.1) is 0 Å². The zero-order chi connectivity index (χ0) is 21.6. The monoisotopic (exact) mass is 416 g/mol. The molecule has 2 atom stereocenters. The minimum absolute atomic E-state index is 0.00944. The fraction of sp³-hybridized carbons (Fsp3) is 0.320. The Balaban J connectivity index is 1.44. The average Bonchev–Trinajstić information content (AvgIpc) is 2.84. The number of ether oxygens (including phenoxy) is 1. The first-order chi connectivity index (χ1) is 15.1. The van der Waals surface area contributed by atoms with E-state index in [1.165, 1.54) is 0 Å². The molecule has 1 aliphatic heterocycles. The number of carbonyl (C=O) groups excluding carboxylic acids is 1. The van der Waals surface area contributed by atoms with Gasteiger partial charge in [0.2, 0.25) is 5.91 Å². The first-order valence-corrected chi connectivity index (χ1v) is 10.7. The Morgan fingerprint density at radius 2 is 1.90 bits per heavy atom. The molecule has 1 aromatic heterocycles. The lowest BCUT2D eigenvalue weighted by atomic mass is 9.96. The van der Waals surface area contributed by atoms with Crippen molar-refractivity contribution in [2.24, 2.45) is 5.92 Å². The molecule has 1 aliphatic rings. The van der Waals surface area contributed by atoms with E-state index in [0.717, 1.165) is 47.8 Å². The second-order valence-electron chi connectivity index (χ2n) is 7.92. The number of rotatable bonds is 6. The van der Waals surface area contributed by atoms with Gasteiger partial charge in [0.25, 0.3) is 0 Å². The van der Waals surface area contributed by atoms with Crippen molar-refractivity contribution in [1.82, 2.24) is 15.3 Å². The lowest BCUT2D eigenvalue weighted by Gasteiger charge is -2.33. The standard InChI is InChI=1S/C25H28N4O2/c1-18(19-7-4-3-5-8-19)28-25(30)21-9-6-14-29(16-21)24-15-23(26-17-27-24)20-10-12-22(31-2)13-11-20/h3-5,7-8,10-13,15,17-18,21H,6,9,14,16H2,1-2H3,(H,28,30)/t18-,21-/m0/s1. The van der Waals surface area contributed by atoms with Gasteiger partial charge < -0.3 is 15.0 Å². The molecule has 2 heterocycles. The summed E-state index contributed by atoms with van der Waals surface area (Å²) in [5.41, 5.74) is 2.98. The summed E-state index contributed by atoms with van der Waals surface area (Å²) in [6, 6.07) is 19.9. The Morgan fingerprint density at radius 1 is 1.13 bits per heavy atom. The Kier molecular flexibility index (Phi) is 6.46. The molecule has 1 fully saturated rings. The van der Waals surface area contributed by atoms with Crippen LogP contribution in [0.1, 0.15) is 31.4 Å². The molecule has 6 nitrogen and oxygen atoms in total. The van der Waals surface area contributed by atoms with Gasteiger partial charge in [0.05, 0.1) is 24.8 Å². The van der Waals surface area contributed by atoms with Crippen molar-refractivity contribution < 1.29 is 9.53 Å². The highest BCUT2D eigenvalue weighted by atomic mass is 16.5. The topological polar surface area (TPSA) is 67.3 Å². The Labute approximate surface area is 183 Å². The molecule has 31 heavy (non-hydrogen) atoms. The van der Waals surface area contributed by atoms with Gasteiger partial charge in [0, 0.05) is 24.7 Å². The summed E-state index contributed by atoms with van der Waals surface area (Å²) in [4.78, 5) is 24.0. The quantitative estimate of drug-likeness (QED) is 0.651. The Morgan fingerprint density at radius 3 is 2.65 bits per heavy atom. The van der Waals surface area contributed by atoms with Gasteiger partial charge in [-0.3, -0.25) is 4.79 Å². The summed E-state index contributed by atoms with van der Waals surface area (Å²) >= 11 is 0. The fourth-order valence-electron chi connectivity index (χ4n) is 4.00. The van der Waals surface area contributed by atoms with Crippen LogP contribution in [-0.2, 0) is 4.79 Å². The number of piperidine rings is 1. The van der Waals surface area contributed by atoms with Gasteiger partial charge in [-0.25, -0.2) is 9.97 Å². The maximum atomic E-state index is 12.9. The average molecular weight is 417 g/mol. The highest BCUT2D eigenvalue weighted by molar-refractivity contribution is 5.80. The third kappa shape index (κ3) is 5.02. The zero-order valence-electron chi connectivity index (χ0n) is 18.0. The van der Waals surface area contributed by atoms with Crippen LogP contribution in [0, 0.1) is 5.92 Å². The molecular weight excluding hydrogens is 388 g/mol. The summed E-state index contributed by atoms with van der Waals surface area (Å²) in [6.45, 7) is 3.57. The van der Waals surface area contributed by atoms with Crippen molar-refractivity contribution in [1.29, 1.82) is 0 Å². The molecule has 0 aliphatic carbocycles. The molecule has 1 saturated heterocycles. The zero-order valence-corrected chi connectivity index (χ0v) is 18.0. The van der Waals surface area contributed by atoms with Gasteiger partial charge in [0.15, 0.2) is 0 Å². The van der Waals surface area contributed by atoms with Crippen molar-refractivity contribution in [3.05, 3.63) is 72.6 Å². The number of benzene rings is 2. The van der Waals surface area contributed by atoms with E-state index in [0.29, 0.717) is 6.54 Å². The maximum Gasteiger partial charge on any atom is 0.225 e. The van der Waals surface area contributed by atoms with Gasteiger partial charge in [-0.1, -0.05) is 30.3 Å². The number of aromatic nitrogens is 2. The van der Waals surface area contributed by atoms with E-state index >= 15 is 0 Å². The van der Waals surface area contributed by atoms with Gasteiger partial charge in [-0.2, -0.15) is 0 Å². The van der Waals surface area contributed by atoms with Crippen LogP contribution in [0.25, 0.3) is 11.3 Å². The number of hydrogen-bond donors (Lipinski definition) is 1. The molecule has 0 radical (unpaired) electrons. The minimum Gasteiger partial charge on any atom is -0.497 e. The number of anilines is 1. The summed E-state index contributed by atoms with van der Waals surface area (Å²) in [5, 5.41) is 3.18. The van der Waals surface area contributed by atoms with Crippen molar-refractivity contribution >= 4 is 11.7 Å². The van der Waals surface area contributed by atoms with E-state index in [-0.39, 0.29) is 17.9 Å². The molecule has 0 unspecified atom stereocenters. The summed E-state index contributed by atoms with van der Waals surface area (Å²) < 4.78 is 5.23. The minimum atomic E-state index is -0.0562. The molecule has 160 valence electrons. The Bertz CT molecular complexity index is 1010. The van der Waals surface area contributed by atoms with Gasteiger partial charge >= 0.3 is 0 Å². The molecule has 4 rings (SSSR count). The van der Waals surface area contributed by atoms with Crippen molar-refractivity contribution in [3.8, 4) is 17.0 Å². The molecule has 0 saturated carbocycles. The van der Waals surface area contributed by atoms with Gasteiger partial charge in [0.1, 0.15) is 17.9 Å². The van der Waals surface area contributed by atoms with Crippen LogP contribution in [0.5, 0.6) is 5.75 Å². The third-order valence-electron chi connectivity index (χ3n) is 5.81. The van der Waals surface area contributed by atoms with Crippen LogP contribution in [0.3, 0.4) is 0 Å². The number of hydrogen-bond acceptors (Lipinski definition) is 5. The first kappa shape index (κ1) is 20.8. The number of amides is 1. The number of methoxy groups -OCH3 is 1. The lowest BCUT2D eigenvalue weighted by molar-refractivity contribution is -0.125. The van der Waals surface area contributed by atoms with Crippen LogP contribution in [0.15, 0.2) is 67.0 Å². The van der Waals surface area contributed by atoms with E-state index in [9.17, 15) is 4.79 Å². The smallest absolute Gasteiger partial charge is 0.225 e. The SMILES string of the molecule is COc1ccc(-c2cc(N3CCC[C@H](C(=O)N[C@@H](C)c4ccccc4)C3)ncn2)cc1. The van der Waals surface area contributed by atoms with Crippen LogP contribution >= 0.6 is 0 Å². The summed E-state index contributed by atoms with van der Waals surface area (Å²) in [5.74, 6) is 1.71. The second kappa shape index (κ2) is 9.60. The predicted octanol–water partition coefficient (Wildman–Crippen LogP) is 4.25. The van der Waals surface area contributed by atoms with Crippen LogP contribution in [0.4, 0.5) is 5.82 Å². The van der Waals surface area contributed by atoms with Crippen molar-refractivity contribution in [3.63, 3.8) is 0 Å². The Hall–Kier alpha value is -3.41. The van der Waals surface area contributed by atoms with E-state index in [1.54, 1.807) is 13.4 Å². The van der Waals surface area contributed by atoms with Crippen LogP contribution in [-0.4, -0.2) is 36.1 Å². The van der Waals surface area contributed by atoms with Crippen molar-refractivity contribution in [2.75, 3.05) is 25.1 Å². The molecule has 0 spiro atoms. The van der Waals surface area contributed by atoms with Gasteiger partial charge in [-0.05, 0) is 49.6 Å². The van der Waals surface area contributed by atoms with Crippen LogP contribution in [0.2, 0.25) is 0 Å². The number of nitrogens with zero attached hydrogens (tertiary/aromatic N) is 3. The fourth-order valence-corrected chi connectivity index (χ4v) is 4.00. The first-order valence-electron chi connectivity index (χ1n) is 10.7. The lowest BCUT2D eigenvalue weighted by Crippen LogP contribution is -2.44. The molecule has 1 amide bonds. The molecule has 1 N–H and O–H groups in total. The summed E-state index contributed by atoms with van der Waals surface area (Å²) in [6.07, 6.45) is 3.44. The molecule has 6 heteroatoms. The molecule has 2 aromatic carbocycles. The summed E-state index contributed by atoms with van der Waals surface area (Å²) in [7, 11) is 1.65. The molecule has 3 aromatic rings. The van der Waals surface area contributed by atoms with E-state index in [2.05, 4.69) is 20.2 Å². The maximum absolute atomic E-state index is 12.9. The van der Waals surface area contributed by atoms with Crippen molar-refractivity contribution in [2.45, 2.75) is 25.8 Å². The normalized spacial score (nSPS) is 17.1. The van der Waals surface area contributed by atoms with E-state index in [4.69, 9.17) is 4.74 Å². The number of carbonyl (C=O) groups is 1. The number of nitrogens with one attached hydrogen (secondary N) is 1. The third-order valence-corrected chi connectivity index (χ3v) is 5.81. The van der Waals surface area contributed by atoms with E-state index in [1.807, 2.05) is 67.6 Å². The molecule has 0 bridgehead atoms. The highest BCUT2D eigenvalue weighted by Crippen LogP contribution is 2.26. The second-order valence-corrected chi connectivity index (χ2v) is 7.92. The van der Waals surface area contributed by atoms with Crippen LogP contribution < -0.4 is 15.0 Å².